The maximum atomic E-state index is 13.3. The molecule has 0 aliphatic heterocycles. The first-order valence-corrected chi connectivity index (χ1v) is 11.6. The molecule has 5 rings (SSSR count). The van der Waals surface area contributed by atoms with Gasteiger partial charge in [-0.3, -0.25) is 10.1 Å². The molecule has 166 valence electrons. The highest BCUT2D eigenvalue weighted by Crippen LogP contribution is 2.35. The number of carbonyl (C=O) groups excluding carboxylic acids is 1. The van der Waals surface area contributed by atoms with Crippen LogP contribution in [0.15, 0.2) is 54.9 Å². The third kappa shape index (κ3) is 4.12. The number of nitrogens with one attached hydrogen (secondary N) is 2. The standard InChI is InChI=1S/C24H28N6OS/c1-2-30(23(31)22-27-19-9-3-4-10-20(19)28-22)18-8-7-12-24(32,14-18)25-15-17-16-29-13-6-5-11-21(29)26-17/h3-6,9-11,13,16,18,25,32H,2,7-8,12,14-15H2,1H3,(H,27,28)/t18-,24?/m0/s1. The van der Waals surface area contributed by atoms with Gasteiger partial charge >= 0.3 is 0 Å². The summed E-state index contributed by atoms with van der Waals surface area (Å²) in [5.74, 6) is 0.354. The largest absolute Gasteiger partial charge is 0.334 e. The van der Waals surface area contributed by atoms with Crippen LogP contribution in [0.25, 0.3) is 16.7 Å². The normalized spacial score (nSPS) is 21.2. The van der Waals surface area contributed by atoms with Crippen LogP contribution in [-0.2, 0) is 6.54 Å². The first-order valence-electron chi connectivity index (χ1n) is 11.2. The van der Waals surface area contributed by atoms with Crippen LogP contribution >= 0.6 is 12.6 Å². The molecule has 1 aliphatic carbocycles. The number of thiol groups is 1. The maximum absolute atomic E-state index is 13.3. The van der Waals surface area contributed by atoms with Gasteiger partial charge in [0, 0.05) is 31.5 Å². The summed E-state index contributed by atoms with van der Waals surface area (Å²) in [5, 5.41) is 3.61. The van der Waals surface area contributed by atoms with Crippen molar-refractivity contribution in [1.82, 2.24) is 29.6 Å². The third-order valence-corrected chi connectivity index (χ3v) is 6.91. The van der Waals surface area contributed by atoms with Crippen molar-refractivity contribution in [3.8, 4) is 0 Å². The van der Waals surface area contributed by atoms with Crippen molar-refractivity contribution in [2.75, 3.05) is 6.54 Å². The molecule has 1 unspecified atom stereocenters. The Morgan fingerprint density at radius 1 is 1.28 bits per heavy atom. The molecule has 0 saturated heterocycles. The van der Waals surface area contributed by atoms with Crippen LogP contribution in [0.1, 0.15) is 48.9 Å². The van der Waals surface area contributed by atoms with E-state index < -0.39 is 0 Å². The van der Waals surface area contributed by atoms with Crippen LogP contribution in [0.4, 0.5) is 0 Å². The van der Waals surface area contributed by atoms with Crippen molar-refractivity contribution < 1.29 is 4.79 Å². The average Bonchev–Trinajstić information content (AvgIpc) is 3.42. The number of nitrogens with zero attached hydrogens (tertiary/aromatic N) is 4. The molecule has 0 bridgehead atoms. The molecule has 1 fully saturated rings. The number of fused-ring (bicyclic) bond motifs is 2. The number of aromatic nitrogens is 4. The molecule has 2 atom stereocenters. The molecular formula is C24H28N6OS. The second kappa shape index (κ2) is 8.60. The molecule has 4 aromatic rings. The molecular weight excluding hydrogens is 420 g/mol. The second-order valence-electron chi connectivity index (χ2n) is 8.53. The Balaban J connectivity index is 1.29. The van der Waals surface area contributed by atoms with E-state index in [4.69, 9.17) is 12.6 Å². The Morgan fingerprint density at radius 3 is 2.94 bits per heavy atom. The minimum absolute atomic E-state index is 0.0494. The summed E-state index contributed by atoms with van der Waals surface area (Å²) in [6, 6.07) is 13.8. The number of rotatable bonds is 6. The van der Waals surface area contributed by atoms with E-state index in [9.17, 15) is 4.79 Å². The number of pyridine rings is 1. The van der Waals surface area contributed by atoms with Crippen molar-refractivity contribution in [2.24, 2.45) is 0 Å². The summed E-state index contributed by atoms with van der Waals surface area (Å²) in [6.45, 7) is 3.30. The van der Waals surface area contributed by atoms with E-state index in [1.54, 1.807) is 0 Å². The minimum atomic E-state index is -0.347. The summed E-state index contributed by atoms with van der Waals surface area (Å²) in [6.07, 6.45) is 7.76. The molecule has 32 heavy (non-hydrogen) atoms. The number of para-hydroxylation sites is 2. The predicted molar refractivity (Wildman–Crippen MR) is 129 cm³/mol. The Hall–Kier alpha value is -2.84. The smallest absolute Gasteiger partial charge is 0.289 e. The number of imidazole rings is 2. The molecule has 3 heterocycles. The maximum Gasteiger partial charge on any atom is 0.289 e. The molecule has 1 aromatic carbocycles. The fourth-order valence-electron chi connectivity index (χ4n) is 4.74. The van der Waals surface area contributed by atoms with Gasteiger partial charge in [0.2, 0.25) is 0 Å². The van der Waals surface area contributed by atoms with Crippen molar-refractivity contribution in [2.45, 2.75) is 50.1 Å². The van der Waals surface area contributed by atoms with Gasteiger partial charge in [-0.2, -0.15) is 12.6 Å². The summed E-state index contributed by atoms with van der Waals surface area (Å²) < 4.78 is 2.02. The molecule has 2 N–H and O–H groups in total. The predicted octanol–water partition coefficient (Wildman–Crippen LogP) is 4.03. The zero-order chi connectivity index (χ0) is 22.1. The van der Waals surface area contributed by atoms with E-state index in [1.807, 2.05) is 71.1 Å². The Morgan fingerprint density at radius 2 is 2.12 bits per heavy atom. The van der Waals surface area contributed by atoms with E-state index in [1.165, 1.54) is 0 Å². The SMILES string of the molecule is CCN(C(=O)c1nc2ccccc2[nH]1)[C@H]1CCCC(S)(NCc2cn3ccccc3n2)C1. The van der Waals surface area contributed by atoms with Crippen molar-refractivity contribution in [3.05, 3.63) is 66.4 Å². The number of hydrogen-bond donors (Lipinski definition) is 3. The first-order chi connectivity index (χ1) is 15.5. The van der Waals surface area contributed by atoms with Gasteiger partial charge < -0.3 is 14.3 Å². The monoisotopic (exact) mass is 448 g/mol. The molecule has 1 aliphatic rings. The highest BCUT2D eigenvalue weighted by Gasteiger charge is 2.37. The van der Waals surface area contributed by atoms with Gasteiger partial charge in [0.25, 0.3) is 5.91 Å². The van der Waals surface area contributed by atoms with E-state index >= 15 is 0 Å². The van der Waals surface area contributed by atoms with E-state index in [0.717, 1.165) is 48.1 Å². The van der Waals surface area contributed by atoms with Crippen molar-refractivity contribution in [1.29, 1.82) is 0 Å². The molecule has 1 saturated carbocycles. The Labute approximate surface area is 192 Å². The van der Waals surface area contributed by atoms with Gasteiger partial charge in [0.05, 0.1) is 21.6 Å². The lowest BCUT2D eigenvalue weighted by Gasteiger charge is -2.42. The molecule has 0 spiro atoms. The second-order valence-corrected chi connectivity index (χ2v) is 9.38. The number of carbonyl (C=O) groups is 1. The average molecular weight is 449 g/mol. The fourth-order valence-corrected chi connectivity index (χ4v) is 5.18. The van der Waals surface area contributed by atoms with E-state index in [2.05, 4.69) is 20.3 Å². The quantitative estimate of drug-likeness (QED) is 0.307. The van der Waals surface area contributed by atoms with Crippen molar-refractivity contribution in [3.63, 3.8) is 0 Å². The summed E-state index contributed by atoms with van der Waals surface area (Å²) in [5.41, 5.74) is 3.62. The number of aromatic amines is 1. The lowest BCUT2D eigenvalue weighted by molar-refractivity contribution is 0.0606. The third-order valence-electron chi connectivity index (χ3n) is 6.35. The summed E-state index contributed by atoms with van der Waals surface area (Å²) >= 11 is 5.03. The summed E-state index contributed by atoms with van der Waals surface area (Å²) in [4.78, 5) is 27.3. The van der Waals surface area contributed by atoms with Gasteiger partial charge in [0.1, 0.15) is 5.65 Å². The lowest BCUT2D eigenvalue weighted by Crippen LogP contribution is -2.51. The first kappa shape index (κ1) is 21.0. The summed E-state index contributed by atoms with van der Waals surface area (Å²) in [7, 11) is 0. The molecule has 8 heteroatoms. The van der Waals surface area contributed by atoms with E-state index in [-0.39, 0.29) is 16.8 Å². The molecule has 3 aromatic heterocycles. The zero-order valence-corrected chi connectivity index (χ0v) is 19.1. The lowest BCUT2D eigenvalue weighted by atomic mass is 9.89. The van der Waals surface area contributed by atoms with Crippen LogP contribution in [0.2, 0.25) is 0 Å². The van der Waals surface area contributed by atoms with Crippen LogP contribution in [-0.4, -0.2) is 47.6 Å². The molecule has 0 radical (unpaired) electrons. The van der Waals surface area contributed by atoms with Gasteiger partial charge in [-0.1, -0.05) is 18.2 Å². The number of H-pyrrole nitrogens is 1. The molecule has 7 nitrogen and oxygen atoms in total. The van der Waals surface area contributed by atoms with Crippen LogP contribution in [0.3, 0.4) is 0 Å². The fraction of sp³-hybridized carbons (Fsp3) is 0.375. The van der Waals surface area contributed by atoms with Crippen LogP contribution in [0, 0.1) is 0 Å². The molecule has 1 amide bonds. The van der Waals surface area contributed by atoms with Gasteiger partial charge in [0.15, 0.2) is 5.82 Å². The highest BCUT2D eigenvalue weighted by molar-refractivity contribution is 7.81. The number of amides is 1. The minimum Gasteiger partial charge on any atom is -0.334 e. The Kier molecular flexibility index (Phi) is 5.65. The Bertz CT molecular complexity index is 1180. The van der Waals surface area contributed by atoms with Gasteiger partial charge in [-0.05, 0) is 56.9 Å². The van der Waals surface area contributed by atoms with Gasteiger partial charge in [-0.15, -0.1) is 0 Å². The zero-order valence-electron chi connectivity index (χ0n) is 18.2. The van der Waals surface area contributed by atoms with E-state index in [0.29, 0.717) is 18.9 Å². The number of benzene rings is 1. The number of hydrogen-bond acceptors (Lipinski definition) is 5. The van der Waals surface area contributed by atoms with Crippen molar-refractivity contribution >= 4 is 35.2 Å². The van der Waals surface area contributed by atoms with Crippen LogP contribution < -0.4 is 5.32 Å². The van der Waals surface area contributed by atoms with Crippen LogP contribution in [0.5, 0.6) is 0 Å². The highest BCUT2D eigenvalue weighted by atomic mass is 32.1. The van der Waals surface area contributed by atoms with Gasteiger partial charge in [-0.25, -0.2) is 9.97 Å². The topological polar surface area (TPSA) is 78.3 Å².